The second-order valence-corrected chi connectivity index (χ2v) is 9.13. The van der Waals surface area contributed by atoms with Gasteiger partial charge in [-0.3, -0.25) is 0 Å². The van der Waals surface area contributed by atoms with Gasteiger partial charge in [0.15, 0.2) is 0 Å². The number of hydrogen-bond acceptors (Lipinski definition) is 3. The number of nitrogens with one attached hydrogen (secondary N) is 1. The standard InChI is InChI=1S/C15H18N2.C12H20N2/c1-10-7-8-13-14(9-10)17-15(16-13)12-6-4-3-5-11(12)2;1-5-9(3)7-11-8-13-10(4)14-12(11)6-2/h3-6,10H,7-9H2,1-2H3,(H,16,17);8-9H,5-7H2,1-4H3/t;9-/m.1/s1. The van der Waals surface area contributed by atoms with Crippen molar-refractivity contribution in [3.63, 3.8) is 0 Å². The SMILES string of the molecule is CCc1nc(C)ncc1C[C@H](C)CC.Cc1ccccc1-c1nc2c([nH]1)CC(C)CC2. The molecule has 4 heteroatoms. The molecule has 3 aromatic rings. The van der Waals surface area contributed by atoms with Crippen LogP contribution in [-0.2, 0) is 25.7 Å². The molecule has 0 aliphatic heterocycles. The van der Waals surface area contributed by atoms with Crippen LogP contribution >= 0.6 is 0 Å². The molecular weight excluding hydrogens is 380 g/mol. The minimum Gasteiger partial charge on any atom is -0.342 e. The molecule has 2 aromatic heterocycles. The third kappa shape index (κ3) is 6.03. The molecule has 2 atom stereocenters. The fourth-order valence-electron chi connectivity index (χ4n) is 4.16. The molecule has 1 unspecified atom stereocenters. The molecule has 0 spiro atoms. The van der Waals surface area contributed by atoms with Crippen LogP contribution in [0.5, 0.6) is 0 Å². The van der Waals surface area contributed by atoms with Crippen molar-refractivity contribution in [1.29, 1.82) is 0 Å². The van der Waals surface area contributed by atoms with E-state index in [1.807, 2.05) is 13.1 Å². The highest BCUT2D eigenvalue weighted by Gasteiger charge is 2.19. The average molecular weight is 419 g/mol. The summed E-state index contributed by atoms with van der Waals surface area (Å²) in [5.74, 6) is 3.44. The number of aromatic nitrogens is 4. The van der Waals surface area contributed by atoms with Crippen molar-refractivity contribution in [1.82, 2.24) is 19.9 Å². The fraction of sp³-hybridized carbons (Fsp3) is 0.519. The van der Waals surface area contributed by atoms with Gasteiger partial charge in [0.05, 0.1) is 5.69 Å². The van der Waals surface area contributed by atoms with E-state index in [9.17, 15) is 0 Å². The maximum absolute atomic E-state index is 4.76. The predicted molar refractivity (Wildman–Crippen MR) is 129 cm³/mol. The van der Waals surface area contributed by atoms with Gasteiger partial charge in [-0.15, -0.1) is 0 Å². The van der Waals surface area contributed by atoms with Crippen LogP contribution in [0.3, 0.4) is 0 Å². The van der Waals surface area contributed by atoms with Gasteiger partial charge >= 0.3 is 0 Å². The molecule has 0 saturated carbocycles. The largest absolute Gasteiger partial charge is 0.342 e. The summed E-state index contributed by atoms with van der Waals surface area (Å²) in [4.78, 5) is 17.0. The molecule has 4 nitrogen and oxygen atoms in total. The summed E-state index contributed by atoms with van der Waals surface area (Å²) < 4.78 is 0. The van der Waals surface area contributed by atoms with Gasteiger partial charge in [0, 0.05) is 23.1 Å². The number of fused-ring (bicyclic) bond motifs is 1. The van der Waals surface area contributed by atoms with Crippen LogP contribution in [0.2, 0.25) is 0 Å². The molecule has 0 radical (unpaired) electrons. The molecule has 1 aliphatic rings. The Labute approximate surface area is 188 Å². The maximum Gasteiger partial charge on any atom is 0.138 e. The Hall–Kier alpha value is -2.49. The predicted octanol–water partition coefficient (Wildman–Crippen LogP) is 6.45. The van der Waals surface area contributed by atoms with Crippen LogP contribution in [0, 0.1) is 25.7 Å². The monoisotopic (exact) mass is 418 g/mol. The Morgan fingerprint density at radius 3 is 2.61 bits per heavy atom. The van der Waals surface area contributed by atoms with Crippen LogP contribution < -0.4 is 0 Å². The van der Waals surface area contributed by atoms with Crippen molar-refractivity contribution in [3.8, 4) is 11.4 Å². The first-order chi connectivity index (χ1) is 14.9. The third-order valence-corrected chi connectivity index (χ3v) is 6.37. The van der Waals surface area contributed by atoms with Crippen molar-refractivity contribution in [2.45, 2.75) is 80.1 Å². The van der Waals surface area contributed by atoms with E-state index in [0.717, 1.165) is 49.2 Å². The third-order valence-electron chi connectivity index (χ3n) is 6.37. The number of rotatable bonds is 5. The van der Waals surface area contributed by atoms with Gasteiger partial charge in [-0.2, -0.15) is 0 Å². The molecule has 0 bridgehead atoms. The number of aromatic amines is 1. The molecule has 1 N–H and O–H groups in total. The van der Waals surface area contributed by atoms with Crippen LogP contribution in [-0.4, -0.2) is 19.9 Å². The first kappa shape index (κ1) is 23.2. The van der Waals surface area contributed by atoms with Crippen molar-refractivity contribution >= 4 is 0 Å². The van der Waals surface area contributed by atoms with Gasteiger partial charge in [0.25, 0.3) is 0 Å². The van der Waals surface area contributed by atoms with Crippen LogP contribution in [0.15, 0.2) is 30.5 Å². The summed E-state index contributed by atoms with van der Waals surface area (Å²) in [7, 11) is 0. The van der Waals surface area contributed by atoms with E-state index in [2.05, 4.69) is 73.8 Å². The second kappa shape index (κ2) is 10.7. The van der Waals surface area contributed by atoms with Gasteiger partial charge < -0.3 is 4.98 Å². The number of hydrogen-bond donors (Lipinski definition) is 1. The lowest BCUT2D eigenvalue weighted by Gasteiger charge is -2.15. The Morgan fingerprint density at radius 1 is 1.13 bits per heavy atom. The first-order valence-corrected chi connectivity index (χ1v) is 11.9. The lowest BCUT2D eigenvalue weighted by Crippen LogP contribution is -2.10. The molecule has 2 heterocycles. The van der Waals surface area contributed by atoms with E-state index in [1.54, 1.807) is 0 Å². The lowest BCUT2D eigenvalue weighted by molar-refractivity contribution is 0.492. The van der Waals surface area contributed by atoms with E-state index < -0.39 is 0 Å². The van der Waals surface area contributed by atoms with Gasteiger partial charge in [0.2, 0.25) is 0 Å². The summed E-state index contributed by atoms with van der Waals surface area (Å²) in [5.41, 5.74) is 7.69. The van der Waals surface area contributed by atoms with Gasteiger partial charge in [0.1, 0.15) is 11.6 Å². The maximum atomic E-state index is 4.76. The zero-order valence-electron chi connectivity index (χ0n) is 20.1. The molecular formula is C27H38N4. The summed E-state index contributed by atoms with van der Waals surface area (Å²) in [5, 5.41) is 0. The van der Waals surface area contributed by atoms with E-state index in [-0.39, 0.29) is 0 Å². The number of aryl methyl sites for hydroxylation is 4. The highest BCUT2D eigenvalue weighted by atomic mass is 14.9. The van der Waals surface area contributed by atoms with E-state index in [1.165, 1.54) is 46.6 Å². The summed E-state index contributed by atoms with van der Waals surface area (Å²) in [6, 6.07) is 8.43. The minimum absolute atomic E-state index is 0.728. The number of nitrogens with zero attached hydrogens (tertiary/aromatic N) is 3. The molecule has 0 fully saturated rings. The van der Waals surface area contributed by atoms with Crippen LogP contribution in [0.25, 0.3) is 11.4 Å². The average Bonchev–Trinajstić information content (AvgIpc) is 3.18. The lowest BCUT2D eigenvalue weighted by atomic mass is 9.92. The number of benzene rings is 1. The number of imidazole rings is 1. The summed E-state index contributed by atoms with van der Waals surface area (Å²) in [6.45, 7) is 13.1. The Morgan fingerprint density at radius 2 is 1.90 bits per heavy atom. The molecule has 1 aliphatic carbocycles. The van der Waals surface area contributed by atoms with Crippen LogP contribution in [0.1, 0.15) is 74.6 Å². The number of H-pyrrole nitrogens is 1. The van der Waals surface area contributed by atoms with E-state index in [4.69, 9.17) is 4.98 Å². The molecule has 1 aromatic carbocycles. The Bertz CT molecular complexity index is 989. The second-order valence-electron chi connectivity index (χ2n) is 9.13. The summed E-state index contributed by atoms with van der Waals surface area (Å²) in [6.07, 6.45) is 8.87. The molecule has 4 rings (SSSR count). The highest BCUT2D eigenvalue weighted by molar-refractivity contribution is 5.60. The first-order valence-electron chi connectivity index (χ1n) is 11.9. The fourth-order valence-corrected chi connectivity index (χ4v) is 4.16. The molecule has 31 heavy (non-hydrogen) atoms. The van der Waals surface area contributed by atoms with Crippen molar-refractivity contribution in [2.24, 2.45) is 11.8 Å². The minimum atomic E-state index is 0.728. The van der Waals surface area contributed by atoms with Gasteiger partial charge in [-0.05, 0) is 68.9 Å². The van der Waals surface area contributed by atoms with Gasteiger partial charge in [-0.25, -0.2) is 15.0 Å². The quantitative estimate of drug-likeness (QED) is 0.518. The molecule has 166 valence electrons. The molecule has 0 amide bonds. The smallest absolute Gasteiger partial charge is 0.138 e. The Balaban J connectivity index is 0.000000180. The highest BCUT2D eigenvalue weighted by Crippen LogP contribution is 2.28. The zero-order chi connectivity index (χ0) is 22.4. The van der Waals surface area contributed by atoms with E-state index in [0.29, 0.717) is 0 Å². The van der Waals surface area contributed by atoms with Crippen molar-refractivity contribution in [2.75, 3.05) is 0 Å². The van der Waals surface area contributed by atoms with Crippen molar-refractivity contribution in [3.05, 3.63) is 64.5 Å². The topological polar surface area (TPSA) is 54.5 Å². The van der Waals surface area contributed by atoms with Gasteiger partial charge in [-0.1, -0.05) is 58.4 Å². The zero-order valence-corrected chi connectivity index (χ0v) is 20.1. The normalized spacial score (nSPS) is 16.3. The molecule has 0 saturated heterocycles. The van der Waals surface area contributed by atoms with E-state index >= 15 is 0 Å². The summed E-state index contributed by atoms with van der Waals surface area (Å²) >= 11 is 0. The Kier molecular flexibility index (Phi) is 8.00. The van der Waals surface area contributed by atoms with Crippen molar-refractivity contribution < 1.29 is 0 Å². The van der Waals surface area contributed by atoms with Crippen LogP contribution in [0.4, 0.5) is 0 Å².